The van der Waals surface area contributed by atoms with Crippen LogP contribution in [0.3, 0.4) is 0 Å². The summed E-state index contributed by atoms with van der Waals surface area (Å²) < 4.78 is 64.7. The standard InChI is InChI=1S/C18H14ClF5N4O2/c19-13-7-10(18(22,23)24)9-25-15(13)27-3-5-28(6-4-27)17(30)26-16(29)12-2-1-11(20)8-14(12)21/h1-2,7-9H,3-6H2,(H,26,29,30). The lowest BCUT2D eigenvalue weighted by Crippen LogP contribution is -2.53. The van der Waals surface area contributed by atoms with Crippen LogP contribution in [0.1, 0.15) is 15.9 Å². The van der Waals surface area contributed by atoms with Crippen LogP contribution in [0.15, 0.2) is 30.5 Å². The summed E-state index contributed by atoms with van der Waals surface area (Å²) in [7, 11) is 0. The molecule has 0 bridgehead atoms. The SMILES string of the molecule is O=C(NC(=O)N1CCN(c2ncc(C(F)(F)F)cc2Cl)CC1)c1ccc(F)cc1F. The van der Waals surface area contributed by atoms with Gasteiger partial charge in [-0.05, 0) is 18.2 Å². The summed E-state index contributed by atoms with van der Waals surface area (Å²) in [6.07, 6.45) is -3.89. The minimum Gasteiger partial charge on any atom is -0.352 e. The number of pyridine rings is 1. The van der Waals surface area contributed by atoms with Crippen LogP contribution in [0.2, 0.25) is 5.02 Å². The highest BCUT2D eigenvalue weighted by molar-refractivity contribution is 6.33. The molecule has 1 aromatic heterocycles. The number of carbonyl (C=O) groups excluding carboxylic acids is 2. The van der Waals surface area contributed by atoms with Gasteiger partial charge in [-0.1, -0.05) is 11.6 Å². The van der Waals surface area contributed by atoms with E-state index in [4.69, 9.17) is 11.6 Å². The van der Waals surface area contributed by atoms with Crippen molar-refractivity contribution >= 4 is 29.4 Å². The second-order valence-corrected chi connectivity index (χ2v) is 6.79. The molecule has 0 spiro atoms. The number of halogens is 6. The van der Waals surface area contributed by atoms with Crippen molar-refractivity contribution in [3.63, 3.8) is 0 Å². The summed E-state index contributed by atoms with van der Waals surface area (Å²) in [4.78, 5) is 30.9. The fourth-order valence-corrected chi connectivity index (χ4v) is 3.14. The van der Waals surface area contributed by atoms with Gasteiger partial charge in [0.1, 0.15) is 17.5 Å². The first-order valence-electron chi connectivity index (χ1n) is 8.59. The van der Waals surface area contributed by atoms with E-state index in [-0.39, 0.29) is 37.0 Å². The molecule has 6 nitrogen and oxygen atoms in total. The average Bonchev–Trinajstić information content (AvgIpc) is 2.67. The lowest BCUT2D eigenvalue weighted by Gasteiger charge is -2.35. The minimum absolute atomic E-state index is 0.115. The molecule has 3 amide bonds. The Balaban J connectivity index is 1.60. The molecule has 3 rings (SSSR count). The highest BCUT2D eigenvalue weighted by Gasteiger charge is 2.32. The molecule has 30 heavy (non-hydrogen) atoms. The van der Waals surface area contributed by atoms with Gasteiger partial charge in [0.05, 0.1) is 16.1 Å². The molecule has 2 aromatic rings. The molecular weight excluding hydrogens is 435 g/mol. The van der Waals surface area contributed by atoms with Crippen LogP contribution >= 0.6 is 11.6 Å². The summed E-state index contributed by atoms with van der Waals surface area (Å²) in [6.45, 7) is 0.628. The van der Waals surface area contributed by atoms with Gasteiger partial charge >= 0.3 is 12.2 Å². The third kappa shape index (κ3) is 4.78. The number of rotatable bonds is 2. The zero-order valence-electron chi connectivity index (χ0n) is 15.1. The number of hydrogen-bond donors (Lipinski definition) is 1. The number of urea groups is 1. The molecule has 0 atom stereocenters. The van der Waals surface area contributed by atoms with Crippen molar-refractivity contribution in [3.05, 3.63) is 58.2 Å². The first-order valence-corrected chi connectivity index (χ1v) is 8.97. The van der Waals surface area contributed by atoms with Crippen molar-refractivity contribution in [2.75, 3.05) is 31.1 Å². The van der Waals surface area contributed by atoms with Crippen LogP contribution in [0.25, 0.3) is 0 Å². The van der Waals surface area contributed by atoms with Crippen molar-refractivity contribution in [1.29, 1.82) is 0 Å². The smallest absolute Gasteiger partial charge is 0.352 e. The van der Waals surface area contributed by atoms with Gasteiger partial charge in [-0.15, -0.1) is 0 Å². The third-order valence-corrected chi connectivity index (χ3v) is 4.69. The molecule has 1 fully saturated rings. The van der Waals surface area contributed by atoms with Crippen molar-refractivity contribution in [2.24, 2.45) is 0 Å². The number of anilines is 1. The number of piperazine rings is 1. The normalized spacial score (nSPS) is 14.6. The largest absolute Gasteiger partial charge is 0.417 e. The van der Waals surface area contributed by atoms with Crippen molar-refractivity contribution < 1.29 is 31.5 Å². The molecule has 1 N–H and O–H groups in total. The Labute approximate surface area is 172 Å². The maximum absolute atomic E-state index is 13.7. The molecule has 0 aliphatic carbocycles. The molecular formula is C18H14ClF5N4O2. The first-order chi connectivity index (χ1) is 14.1. The van der Waals surface area contributed by atoms with Crippen molar-refractivity contribution in [3.8, 4) is 0 Å². The van der Waals surface area contributed by atoms with Gasteiger partial charge < -0.3 is 9.80 Å². The zero-order valence-corrected chi connectivity index (χ0v) is 15.9. The third-order valence-electron chi connectivity index (χ3n) is 4.41. The lowest BCUT2D eigenvalue weighted by atomic mass is 10.2. The van der Waals surface area contributed by atoms with Gasteiger partial charge in [0.2, 0.25) is 0 Å². The number of benzene rings is 1. The van der Waals surface area contributed by atoms with Crippen LogP contribution in [0.4, 0.5) is 32.6 Å². The topological polar surface area (TPSA) is 65.5 Å². The van der Waals surface area contributed by atoms with E-state index in [1.54, 1.807) is 4.90 Å². The van der Waals surface area contributed by atoms with E-state index < -0.39 is 40.9 Å². The van der Waals surface area contributed by atoms with Crippen LogP contribution in [0, 0.1) is 11.6 Å². The zero-order chi connectivity index (χ0) is 22.1. The molecule has 0 unspecified atom stereocenters. The van der Waals surface area contributed by atoms with Crippen molar-refractivity contribution in [2.45, 2.75) is 6.18 Å². The molecule has 0 saturated carbocycles. The number of hydrogen-bond acceptors (Lipinski definition) is 4. The van der Waals surface area contributed by atoms with E-state index in [1.807, 2.05) is 5.32 Å². The quantitative estimate of drug-likeness (QED) is 0.711. The maximum atomic E-state index is 13.7. The van der Waals surface area contributed by atoms with Gasteiger partial charge in [-0.25, -0.2) is 18.6 Å². The fraction of sp³-hybridized carbons (Fsp3) is 0.278. The Morgan fingerprint density at radius 2 is 1.73 bits per heavy atom. The summed E-state index contributed by atoms with van der Waals surface area (Å²) in [6, 6.07) is 2.33. The molecule has 12 heteroatoms. The Morgan fingerprint density at radius 3 is 2.30 bits per heavy atom. The van der Waals surface area contributed by atoms with E-state index in [9.17, 15) is 31.5 Å². The van der Waals surface area contributed by atoms with E-state index in [0.29, 0.717) is 12.3 Å². The minimum atomic E-state index is -4.57. The summed E-state index contributed by atoms with van der Waals surface area (Å²) in [5.41, 5.74) is -1.45. The van der Waals surface area contributed by atoms with Gasteiger partial charge in [0, 0.05) is 38.4 Å². The average molecular weight is 449 g/mol. The van der Waals surface area contributed by atoms with Crippen LogP contribution in [0.5, 0.6) is 0 Å². The highest BCUT2D eigenvalue weighted by Crippen LogP contribution is 2.33. The Hall–Kier alpha value is -2.95. The molecule has 1 saturated heterocycles. The van der Waals surface area contributed by atoms with E-state index in [1.165, 1.54) is 4.90 Å². The molecule has 2 heterocycles. The monoisotopic (exact) mass is 448 g/mol. The Morgan fingerprint density at radius 1 is 1.07 bits per heavy atom. The van der Waals surface area contributed by atoms with Crippen LogP contribution in [-0.4, -0.2) is 48.0 Å². The van der Waals surface area contributed by atoms with Crippen LogP contribution in [-0.2, 0) is 6.18 Å². The predicted molar refractivity (Wildman–Crippen MR) is 97.3 cm³/mol. The predicted octanol–water partition coefficient (Wildman–Crippen LogP) is 3.70. The number of aromatic nitrogens is 1. The molecule has 1 aliphatic rings. The summed E-state index contributed by atoms with van der Waals surface area (Å²) >= 11 is 5.93. The van der Waals surface area contributed by atoms with Crippen molar-refractivity contribution in [1.82, 2.24) is 15.2 Å². The second kappa shape index (κ2) is 8.42. The maximum Gasteiger partial charge on any atom is 0.417 e. The highest BCUT2D eigenvalue weighted by atomic mass is 35.5. The van der Waals surface area contributed by atoms with Crippen LogP contribution < -0.4 is 10.2 Å². The number of alkyl halides is 3. The van der Waals surface area contributed by atoms with E-state index in [2.05, 4.69) is 4.98 Å². The number of nitrogens with zero attached hydrogens (tertiary/aromatic N) is 3. The lowest BCUT2D eigenvalue weighted by molar-refractivity contribution is -0.137. The summed E-state index contributed by atoms with van der Waals surface area (Å²) in [5.74, 6) is -2.84. The Kier molecular flexibility index (Phi) is 6.11. The van der Waals surface area contributed by atoms with Gasteiger partial charge in [0.15, 0.2) is 0 Å². The first kappa shape index (κ1) is 21.8. The molecule has 160 valence electrons. The Bertz CT molecular complexity index is 978. The van der Waals surface area contributed by atoms with E-state index in [0.717, 1.165) is 18.2 Å². The number of carbonyl (C=O) groups is 2. The van der Waals surface area contributed by atoms with Gasteiger partial charge in [-0.2, -0.15) is 13.2 Å². The summed E-state index contributed by atoms with van der Waals surface area (Å²) in [5, 5.41) is 1.84. The molecule has 1 aromatic carbocycles. The van der Waals surface area contributed by atoms with Gasteiger partial charge in [0.25, 0.3) is 5.91 Å². The fourth-order valence-electron chi connectivity index (χ4n) is 2.86. The molecule has 0 radical (unpaired) electrons. The number of imide groups is 1. The van der Waals surface area contributed by atoms with E-state index >= 15 is 0 Å². The number of amides is 3. The van der Waals surface area contributed by atoms with Gasteiger partial charge in [-0.3, -0.25) is 10.1 Å². The molecule has 1 aliphatic heterocycles. The number of nitrogens with one attached hydrogen (secondary N) is 1. The second-order valence-electron chi connectivity index (χ2n) is 6.38.